The molecular weight excluding hydrogens is 280 g/mol. The maximum atomic E-state index is 12.5. The number of carbonyl (C=O) groups is 1. The molecule has 22 heavy (non-hydrogen) atoms. The summed E-state index contributed by atoms with van der Waals surface area (Å²) in [7, 11) is 0. The third-order valence-corrected chi connectivity index (χ3v) is 3.52. The van der Waals surface area contributed by atoms with Gasteiger partial charge in [0, 0.05) is 23.3 Å². The van der Waals surface area contributed by atoms with Crippen molar-refractivity contribution < 1.29 is 14.3 Å². The van der Waals surface area contributed by atoms with Crippen LogP contribution < -0.4 is 14.8 Å². The first-order chi connectivity index (χ1) is 10.8. The van der Waals surface area contributed by atoms with Gasteiger partial charge in [0.15, 0.2) is 11.5 Å². The lowest BCUT2D eigenvalue weighted by Gasteiger charge is -2.08. The normalized spacial score (nSPS) is 12.4. The summed E-state index contributed by atoms with van der Waals surface area (Å²) in [6, 6.07) is 14.6. The number of carbonyl (C=O) groups excluding carboxylic acids is 1. The number of para-hydroxylation sites is 1. The Morgan fingerprint density at radius 2 is 1.91 bits per heavy atom. The summed E-state index contributed by atoms with van der Waals surface area (Å²) in [6.45, 7) is 0.210. The minimum Gasteiger partial charge on any atom is -0.454 e. The van der Waals surface area contributed by atoms with Crippen LogP contribution in [0.5, 0.6) is 11.5 Å². The Morgan fingerprint density at radius 1 is 1.05 bits per heavy atom. The Balaban J connectivity index is 1.66. The van der Waals surface area contributed by atoms with Crippen molar-refractivity contribution in [1.82, 2.24) is 4.98 Å². The van der Waals surface area contributed by atoms with Crippen LogP contribution in [0.15, 0.2) is 54.7 Å². The second-order valence-corrected chi connectivity index (χ2v) is 4.90. The number of nitrogens with one attached hydrogen (secondary N) is 1. The summed E-state index contributed by atoms with van der Waals surface area (Å²) < 4.78 is 10.6. The number of fused-ring (bicyclic) bond motifs is 2. The van der Waals surface area contributed by atoms with E-state index in [9.17, 15) is 4.79 Å². The van der Waals surface area contributed by atoms with Crippen molar-refractivity contribution in [1.29, 1.82) is 0 Å². The van der Waals surface area contributed by atoms with E-state index in [1.165, 1.54) is 0 Å². The SMILES string of the molecule is O=C(Nc1ccc2c(c1)OCO2)c1ccnc2ccccc12. The van der Waals surface area contributed by atoms with Crippen LogP contribution in [0.1, 0.15) is 10.4 Å². The second-order valence-electron chi connectivity index (χ2n) is 4.90. The van der Waals surface area contributed by atoms with E-state index < -0.39 is 0 Å². The Hall–Kier alpha value is -3.08. The molecule has 0 unspecified atom stereocenters. The molecule has 0 bridgehead atoms. The highest BCUT2D eigenvalue weighted by Crippen LogP contribution is 2.34. The molecule has 1 aliphatic heterocycles. The number of benzene rings is 2. The average Bonchev–Trinajstić information content (AvgIpc) is 3.02. The van der Waals surface area contributed by atoms with Crippen LogP contribution in [0.3, 0.4) is 0 Å². The molecule has 3 aromatic rings. The molecule has 1 amide bonds. The van der Waals surface area contributed by atoms with E-state index in [2.05, 4.69) is 10.3 Å². The molecular formula is C17H12N2O3. The number of anilines is 1. The number of hydrogen-bond acceptors (Lipinski definition) is 4. The minimum atomic E-state index is -0.183. The van der Waals surface area contributed by atoms with Crippen LogP contribution in [0.25, 0.3) is 10.9 Å². The predicted molar refractivity (Wildman–Crippen MR) is 82.3 cm³/mol. The molecule has 2 aromatic carbocycles. The highest BCUT2D eigenvalue weighted by Gasteiger charge is 2.15. The van der Waals surface area contributed by atoms with Crippen molar-refractivity contribution >= 4 is 22.5 Å². The van der Waals surface area contributed by atoms with Crippen molar-refractivity contribution in [2.24, 2.45) is 0 Å². The zero-order chi connectivity index (χ0) is 14.9. The Labute approximate surface area is 126 Å². The van der Waals surface area contributed by atoms with Gasteiger partial charge >= 0.3 is 0 Å². The molecule has 5 nitrogen and oxygen atoms in total. The molecule has 0 atom stereocenters. The van der Waals surface area contributed by atoms with Gasteiger partial charge < -0.3 is 14.8 Å². The Kier molecular flexibility index (Phi) is 2.89. The minimum absolute atomic E-state index is 0.183. The van der Waals surface area contributed by atoms with Crippen LogP contribution in [0.4, 0.5) is 5.69 Å². The third kappa shape index (κ3) is 2.13. The van der Waals surface area contributed by atoms with Crippen molar-refractivity contribution in [3.63, 3.8) is 0 Å². The maximum absolute atomic E-state index is 12.5. The third-order valence-electron chi connectivity index (χ3n) is 3.52. The topological polar surface area (TPSA) is 60.5 Å². The number of aromatic nitrogens is 1. The fourth-order valence-corrected chi connectivity index (χ4v) is 2.47. The lowest BCUT2D eigenvalue weighted by Crippen LogP contribution is -2.12. The average molecular weight is 292 g/mol. The molecule has 1 aromatic heterocycles. The van der Waals surface area contributed by atoms with Gasteiger partial charge in [0.25, 0.3) is 5.91 Å². The predicted octanol–water partition coefficient (Wildman–Crippen LogP) is 3.22. The molecule has 0 radical (unpaired) electrons. The summed E-state index contributed by atoms with van der Waals surface area (Å²) in [4.78, 5) is 16.8. The largest absolute Gasteiger partial charge is 0.454 e. The maximum Gasteiger partial charge on any atom is 0.256 e. The van der Waals surface area contributed by atoms with Crippen molar-refractivity contribution in [3.8, 4) is 11.5 Å². The fourth-order valence-electron chi connectivity index (χ4n) is 2.47. The molecule has 0 saturated carbocycles. The van der Waals surface area contributed by atoms with Gasteiger partial charge in [-0.15, -0.1) is 0 Å². The number of ether oxygens (including phenoxy) is 2. The van der Waals surface area contributed by atoms with E-state index in [1.807, 2.05) is 24.3 Å². The van der Waals surface area contributed by atoms with Crippen molar-refractivity contribution in [2.75, 3.05) is 12.1 Å². The Morgan fingerprint density at radius 3 is 2.86 bits per heavy atom. The first-order valence-electron chi connectivity index (χ1n) is 6.86. The lowest BCUT2D eigenvalue weighted by molar-refractivity contribution is 0.102. The van der Waals surface area contributed by atoms with Gasteiger partial charge in [0.2, 0.25) is 6.79 Å². The van der Waals surface area contributed by atoms with Gasteiger partial charge in [-0.25, -0.2) is 0 Å². The molecule has 2 heterocycles. The molecule has 0 fully saturated rings. The van der Waals surface area contributed by atoms with Crippen LogP contribution in [0.2, 0.25) is 0 Å². The van der Waals surface area contributed by atoms with Crippen LogP contribution in [-0.2, 0) is 0 Å². The smallest absolute Gasteiger partial charge is 0.256 e. The highest BCUT2D eigenvalue weighted by molar-refractivity contribution is 6.12. The van der Waals surface area contributed by atoms with Gasteiger partial charge in [-0.1, -0.05) is 18.2 Å². The highest BCUT2D eigenvalue weighted by atomic mass is 16.7. The standard InChI is InChI=1S/C17H12N2O3/c20-17(13-7-8-18-14-4-2-1-3-12(13)14)19-11-5-6-15-16(9-11)22-10-21-15/h1-9H,10H2,(H,19,20). The molecule has 1 N–H and O–H groups in total. The summed E-state index contributed by atoms with van der Waals surface area (Å²) in [6.07, 6.45) is 1.64. The molecule has 0 aliphatic carbocycles. The molecule has 108 valence electrons. The zero-order valence-corrected chi connectivity index (χ0v) is 11.6. The first kappa shape index (κ1) is 12.6. The number of hydrogen-bond donors (Lipinski definition) is 1. The second kappa shape index (κ2) is 5.04. The van der Waals surface area contributed by atoms with E-state index in [0.717, 1.165) is 10.9 Å². The molecule has 1 aliphatic rings. The number of rotatable bonds is 2. The van der Waals surface area contributed by atoms with E-state index in [-0.39, 0.29) is 12.7 Å². The number of nitrogens with zero attached hydrogens (tertiary/aromatic N) is 1. The van der Waals surface area contributed by atoms with E-state index in [0.29, 0.717) is 22.7 Å². The van der Waals surface area contributed by atoms with Gasteiger partial charge in [0.1, 0.15) is 0 Å². The van der Waals surface area contributed by atoms with E-state index >= 15 is 0 Å². The van der Waals surface area contributed by atoms with Gasteiger partial charge in [-0.2, -0.15) is 0 Å². The molecule has 5 heteroatoms. The summed E-state index contributed by atoms with van der Waals surface area (Å²) >= 11 is 0. The van der Waals surface area contributed by atoms with Crippen molar-refractivity contribution in [2.45, 2.75) is 0 Å². The number of amides is 1. The van der Waals surface area contributed by atoms with Gasteiger partial charge in [-0.3, -0.25) is 9.78 Å². The quantitative estimate of drug-likeness (QED) is 0.788. The number of pyridine rings is 1. The summed E-state index contributed by atoms with van der Waals surface area (Å²) in [5.74, 6) is 1.14. The van der Waals surface area contributed by atoms with Gasteiger partial charge in [0.05, 0.1) is 11.1 Å². The first-order valence-corrected chi connectivity index (χ1v) is 6.86. The molecule has 0 spiro atoms. The summed E-state index contributed by atoms with van der Waals surface area (Å²) in [5, 5.41) is 3.70. The van der Waals surface area contributed by atoms with Crippen LogP contribution in [-0.4, -0.2) is 17.7 Å². The van der Waals surface area contributed by atoms with Crippen LogP contribution >= 0.6 is 0 Å². The Bertz CT molecular complexity index is 871. The summed E-state index contributed by atoms with van der Waals surface area (Å²) in [5.41, 5.74) is 2.04. The van der Waals surface area contributed by atoms with E-state index in [1.54, 1.807) is 30.5 Å². The van der Waals surface area contributed by atoms with Crippen LogP contribution in [0, 0.1) is 0 Å². The molecule has 0 saturated heterocycles. The zero-order valence-electron chi connectivity index (χ0n) is 11.6. The lowest BCUT2D eigenvalue weighted by atomic mass is 10.1. The van der Waals surface area contributed by atoms with E-state index in [4.69, 9.17) is 9.47 Å². The van der Waals surface area contributed by atoms with Gasteiger partial charge in [-0.05, 0) is 24.3 Å². The monoisotopic (exact) mass is 292 g/mol. The van der Waals surface area contributed by atoms with Crippen molar-refractivity contribution in [3.05, 3.63) is 60.3 Å². The fraction of sp³-hybridized carbons (Fsp3) is 0.0588. The molecule has 4 rings (SSSR count).